The van der Waals surface area contributed by atoms with Crippen molar-refractivity contribution in [1.82, 2.24) is 4.98 Å². The minimum Gasteiger partial charge on any atom is -0.497 e. The Kier molecular flexibility index (Phi) is 4.23. The summed E-state index contributed by atoms with van der Waals surface area (Å²) in [6, 6.07) is 12.5. The summed E-state index contributed by atoms with van der Waals surface area (Å²) in [5, 5.41) is 2.75. The Hall–Kier alpha value is -2.89. The first-order valence-corrected chi connectivity index (χ1v) is 7.33. The molecule has 0 aliphatic carbocycles. The lowest BCUT2D eigenvalue weighted by Gasteiger charge is -2.17. The van der Waals surface area contributed by atoms with Crippen molar-refractivity contribution in [3.05, 3.63) is 48.7 Å². The van der Waals surface area contributed by atoms with Gasteiger partial charge in [0.05, 0.1) is 13.0 Å². The number of pyridine rings is 1. The molecule has 2 amide bonds. The highest BCUT2D eigenvalue weighted by Gasteiger charge is 2.35. The van der Waals surface area contributed by atoms with Crippen molar-refractivity contribution in [2.45, 2.75) is 6.42 Å². The highest BCUT2D eigenvalue weighted by Crippen LogP contribution is 2.28. The molecule has 0 spiro atoms. The van der Waals surface area contributed by atoms with Crippen molar-refractivity contribution in [3.8, 4) is 5.75 Å². The van der Waals surface area contributed by atoms with Crippen LogP contribution in [0.5, 0.6) is 5.75 Å². The molecule has 1 saturated heterocycles. The third-order valence-electron chi connectivity index (χ3n) is 3.78. The summed E-state index contributed by atoms with van der Waals surface area (Å²) in [6.07, 6.45) is 1.80. The van der Waals surface area contributed by atoms with E-state index in [0.717, 1.165) is 5.69 Å². The van der Waals surface area contributed by atoms with Crippen LogP contribution in [0.3, 0.4) is 0 Å². The lowest BCUT2D eigenvalue weighted by Crippen LogP contribution is -2.28. The molecule has 1 aromatic heterocycles. The molecule has 0 bridgehead atoms. The average molecular weight is 311 g/mol. The van der Waals surface area contributed by atoms with Crippen LogP contribution in [0, 0.1) is 5.92 Å². The molecule has 0 saturated carbocycles. The van der Waals surface area contributed by atoms with Gasteiger partial charge < -0.3 is 15.0 Å². The zero-order chi connectivity index (χ0) is 16.2. The Morgan fingerprint density at radius 1 is 1.30 bits per heavy atom. The Morgan fingerprint density at radius 2 is 2.17 bits per heavy atom. The molecule has 23 heavy (non-hydrogen) atoms. The van der Waals surface area contributed by atoms with E-state index in [4.69, 9.17) is 4.74 Å². The zero-order valence-electron chi connectivity index (χ0n) is 12.7. The molecule has 0 radical (unpaired) electrons. The molecular formula is C17H17N3O3. The van der Waals surface area contributed by atoms with Gasteiger partial charge in [-0.05, 0) is 24.3 Å². The minimum atomic E-state index is -0.393. The van der Waals surface area contributed by atoms with Crippen molar-refractivity contribution < 1.29 is 14.3 Å². The number of benzene rings is 1. The monoisotopic (exact) mass is 311 g/mol. The number of amides is 2. The van der Waals surface area contributed by atoms with Gasteiger partial charge in [-0.25, -0.2) is 4.98 Å². The first kappa shape index (κ1) is 15.0. The standard InChI is InChI=1S/C17H17N3O3/c1-23-14-6-4-5-13(10-14)20-11-12(9-16(20)21)17(22)19-15-7-2-3-8-18-15/h2-8,10,12H,9,11H2,1H3,(H,18,19,22)/t12-/m0/s1. The van der Waals surface area contributed by atoms with Crippen LogP contribution in [-0.4, -0.2) is 30.5 Å². The van der Waals surface area contributed by atoms with Gasteiger partial charge >= 0.3 is 0 Å². The van der Waals surface area contributed by atoms with Crippen molar-refractivity contribution in [1.29, 1.82) is 0 Å². The molecule has 2 heterocycles. The van der Waals surface area contributed by atoms with Gasteiger partial charge in [0.2, 0.25) is 11.8 Å². The second-order valence-corrected chi connectivity index (χ2v) is 5.31. The van der Waals surface area contributed by atoms with E-state index < -0.39 is 5.92 Å². The highest BCUT2D eigenvalue weighted by atomic mass is 16.5. The number of nitrogens with zero attached hydrogens (tertiary/aromatic N) is 2. The van der Waals surface area contributed by atoms with Gasteiger partial charge in [-0.1, -0.05) is 12.1 Å². The Bertz CT molecular complexity index is 718. The number of anilines is 2. The third-order valence-corrected chi connectivity index (χ3v) is 3.78. The maximum atomic E-state index is 12.3. The maximum absolute atomic E-state index is 12.3. The number of carbonyl (C=O) groups excluding carboxylic acids is 2. The number of methoxy groups -OCH3 is 1. The van der Waals surface area contributed by atoms with Crippen molar-refractivity contribution in [2.75, 3.05) is 23.9 Å². The van der Waals surface area contributed by atoms with Gasteiger partial charge in [-0.2, -0.15) is 0 Å². The quantitative estimate of drug-likeness (QED) is 0.938. The first-order chi connectivity index (χ1) is 11.2. The molecule has 2 aromatic rings. The summed E-state index contributed by atoms with van der Waals surface area (Å²) < 4.78 is 5.18. The number of ether oxygens (including phenoxy) is 1. The summed E-state index contributed by atoms with van der Waals surface area (Å²) >= 11 is 0. The third kappa shape index (κ3) is 3.31. The summed E-state index contributed by atoms with van der Waals surface area (Å²) in [6.45, 7) is 0.352. The molecular weight excluding hydrogens is 294 g/mol. The zero-order valence-corrected chi connectivity index (χ0v) is 12.7. The SMILES string of the molecule is COc1cccc(N2C[C@@H](C(=O)Nc3ccccn3)CC2=O)c1. The fourth-order valence-electron chi connectivity index (χ4n) is 2.58. The van der Waals surface area contributed by atoms with E-state index in [1.165, 1.54) is 0 Å². The van der Waals surface area contributed by atoms with Crippen LogP contribution in [0.2, 0.25) is 0 Å². The molecule has 1 aliphatic rings. The fraction of sp³-hybridized carbons (Fsp3) is 0.235. The number of hydrogen-bond donors (Lipinski definition) is 1. The van der Waals surface area contributed by atoms with Crippen molar-refractivity contribution >= 4 is 23.3 Å². The molecule has 6 heteroatoms. The van der Waals surface area contributed by atoms with E-state index in [0.29, 0.717) is 18.1 Å². The Labute approximate surface area is 134 Å². The average Bonchev–Trinajstić information content (AvgIpc) is 2.98. The van der Waals surface area contributed by atoms with E-state index in [1.54, 1.807) is 42.5 Å². The number of hydrogen-bond acceptors (Lipinski definition) is 4. The summed E-state index contributed by atoms with van der Waals surface area (Å²) in [5.74, 6) is 0.513. The molecule has 1 atom stereocenters. The van der Waals surface area contributed by atoms with E-state index >= 15 is 0 Å². The predicted octanol–water partition coefficient (Wildman–Crippen LogP) is 2.08. The molecule has 6 nitrogen and oxygen atoms in total. The smallest absolute Gasteiger partial charge is 0.230 e. The summed E-state index contributed by atoms with van der Waals surface area (Å²) in [7, 11) is 1.58. The number of carbonyl (C=O) groups is 2. The van der Waals surface area contributed by atoms with Gasteiger partial charge in [0.25, 0.3) is 0 Å². The Balaban J connectivity index is 1.70. The lowest BCUT2D eigenvalue weighted by molar-refractivity contribution is -0.122. The molecule has 3 rings (SSSR count). The molecule has 1 aliphatic heterocycles. The molecule has 1 aromatic carbocycles. The van der Waals surface area contributed by atoms with Gasteiger partial charge in [-0.3, -0.25) is 9.59 Å². The summed E-state index contributed by atoms with van der Waals surface area (Å²) in [4.78, 5) is 30.2. The van der Waals surface area contributed by atoms with E-state index in [1.807, 2.05) is 18.2 Å². The highest BCUT2D eigenvalue weighted by molar-refractivity contribution is 6.03. The second kappa shape index (κ2) is 6.48. The van der Waals surface area contributed by atoms with Crippen LogP contribution >= 0.6 is 0 Å². The fourth-order valence-corrected chi connectivity index (χ4v) is 2.58. The van der Waals surface area contributed by atoms with Gasteiger partial charge in [0.1, 0.15) is 11.6 Å². The predicted molar refractivity (Wildman–Crippen MR) is 86.3 cm³/mol. The van der Waals surface area contributed by atoms with Crippen molar-refractivity contribution in [3.63, 3.8) is 0 Å². The van der Waals surface area contributed by atoms with Crippen LogP contribution in [0.1, 0.15) is 6.42 Å². The normalized spacial score (nSPS) is 17.2. The van der Waals surface area contributed by atoms with Crippen LogP contribution in [0.25, 0.3) is 0 Å². The molecule has 118 valence electrons. The van der Waals surface area contributed by atoms with Gasteiger partial charge in [0, 0.05) is 30.9 Å². The molecule has 1 N–H and O–H groups in total. The lowest BCUT2D eigenvalue weighted by atomic mass is 10.1. The number of aromatic nitrogens is 1. The molecule has 1 fully saturated rings. The first-order valence-electron chi connectivity index (χ1n) is 7.33. The molecule has 0 unspecified atom stereocenters. The minimum absolute atomic E-state index is 0.0700. The van der Waals surface area contributed by atoms with Crippen LogP contribution in [-0.2, 0) is 9.59 Å². The van der Waals surface area contributed by atoms with E-state index in [9.17, 15) is 9.59 Å². The van der Waals surface area contributed by atoms with Crippen LogP contribution in [0.15, 0.2) is 48.7 Å². The van der Waals surface area contributed by atoms with Crippen LogP contribution < -0.4 is 15.0 Å². The topological polar surface area (TPSA) is 71.5 Å². The van der Waals surface area contributed by atoms with Gasteiger partial charge in [0.15, 0.2) is 0 Å². The Morgan fingerprint density at radius 3 is 2.91 bits per heavy atom. The van der Waals surface area contributed by atoms with E-state index in [-0.39, 0.29) is 18.2 Å². The summed E-state index contributed by atoms with van der Waals surface area (Å²) in [5.41, 5.74) is 0.738. The second-order valence-electron chi connectivity index (χ2n) is 5.31. The number of nitrogens with one attached hydrogen (secondary N) is 1. The van der Waals surface area contributed by atoms with Crippen molar-refractivity contribution in [2.24, 2.45) is 5.92 Å². The number of rotatable bonds is 4. The van der Waals surface area contributed by atoms with E-state index in [2.05, 4.69) is 10.3 Å². The van der Waals surface area contributed by atoms with Crippen LogP contribution in [0.4, 0.5) is 11.5 Å². The maximum Gasteiger partial charge on any atom is 0.230 e. The largest absolute Gasteiger partial charge is 0.497 e. The van der Waals surface area contributed by atoms with Gasteiger partial charge in [-0.15, -0.1) is 0 Å².